The standard InChI is InChI=1S/C22H30N4.HI/c1-17-6-11-21(14-18(17)2)25-22(23)24-15-19-7-9-20(10-8-19)16-26-12-4-3-5-13-26;/h6-11,14H,3-5,12-13,15-16H2,1-2H3,(H3,23,24,25);1H. The molecule has 0 amide bonds. The lowest BCUT2D eigenvalue weighted by atomic mass is 10.1. The molecule has 1 heterocycles. The van der Waals surface area contributed by atoms with Gasteiger partial charge in [0.1, 0.15) is 0 Å². The van der Waals surface area contributed by atoms with Crippen LogP contribution in [-0.4, -0.2) is 23.9 Å². The number of hydrogen-bond donors (Lipinski definition) is 2. The van der Waals surface area contributed by atoms with E-state index in [2.05, 4.69) is 65.5 Å². The van der Waals surface area contributed by atoms with Gasteiger partial charge in [0.2, 0.25) is 0 Å². The summed E-state index contributed by atoms with van der Waals surface area (Å²) in [5.41, 5.74) is 12.1. The van der Waals surface area contributed by atoms with Crippen LogP contribution in [0.2, 0.25) is 0 Å². The first-order chi connectivity index (χ1) is 12.6. The van der Waals surface area contributed by atoms with Crippen LogP contribution >= 0.6 is 24.0 Å². The number of halogens is 1. The summed E-state index contributed by atoms with van der Waals surface area (Å²) in [5.74, 6) is 0.450. The Balaban J connectivity index is 0.00000261. The van der Waals surface area contributed by atoms with Gasteiger partial charge in [0.15, 0.2) is 5.96 Å². The number of nitrogens with two attached hydrogens (primary N) is 1. The van der Waals surface area contributed by atoms with Crippen molar-refractivity contribution < 1.29 is 0 Å². The van der Waals surface area contributed by atoms with Gasteiger partial charge in [0.05, 0.1) is 6.54 Å². The average Bonchev–Trinajstić information content (AvgIpc) is 2.65. The molecule has 0 radical (unpaired) electrons. The van der Waals surface area contributed by atoms with E-state index in [0.717, 1.165) is 12.2 Å². The van der Waals surface area contributed by atoms with E-state index in [1.54, 1.807) is 0 Å². The molecule has 2 aromatic carbocycles. The summed E-state index contributed by atoms with van der Waals surface area (Å²) in [6.45, 7) is 8.30. The normalized spacial score (nSPS) is 15.3. The molecule has 0 saturated carbocycles. The average molecular weight is 478 g/mol. The van der Waals surface area contributed by atoms with Crippen LogP contribution in [0.5, 0.6) is 0 Å². The highest BCUT2D eigenvalue weighted by atomic mass is 127. The first-order valence-corrected chi connectivity index (χ1v) is 9.54. The maximum absolute atomic E-state index is 6.03. The van der Waals surface area contributed by atoms with E-state index in [0.29, 0.717) is 12.5 Å². The summed E-state index contributed by atoms with van der Waals surface area (Å²) in [6, 6.07) is 15.0. The van der Waals surface area contributed by atoms with Gasteiger partial charge < -0.3 is 11.1 Å². The van der Waals surface area contributed by atoms with Crippen LogP contribution in [0.25, 0.3) is 0 Å². The highest BCUT2D eigenvalue weighted by Crippen LogP contribution is 2.15. The van der Waals surface area contributed by atoms with Gasteiger partial charge in [-0.05, 0) is 74.2 Å². The Morgan fingerprint density at radius 3 is 2.30 bits per heavy atom. The molecule has 0 bridgehead atoms. The van der Waals surface area contributed by atoms with Crippen molar-refractivity contribution >= 4 is 35.6 Å². The Hall–Kier alpha value is -1.60. The number of piperidine rings is 1. The maximum Gasteiger partial charge on any atom is 0.193 e. The van der Waals surface area contributed by atoms with Crippen molar-refractivity contribution in [2.24, 2.45) is 10.7 Å². The SMILES string of the molecule is Cc1ccc(NC(N)=NCc2ccc(CN3CCCCC3)cc2)cc1C.I. The molecule has 3 N–H and O–H groups in total. The van der Waals surface area contributed by atoms with Gasteiger partial charge in [-0.25, -0.2) is 4.99 Å². The van der Waals surface area contributed by atoms with E-state index in [-0.39, 0.29) is 24.0 Å². The Morgan fingerprint density at radius 2 is 1.63 bits per heavy atom. The number of benzene rings is 2. The first-order valence-electron chi connectivity index (χ1n) is 9.54. The molecule has 0 aromatic heterocycles. The molecule has 2 aromatic rings. The van der Waals surface area contributed by atoms with Crippen LogP contribution in [0.15, 0.2) is 47.5 Å². The van der Waals surface area contributed by atoms with Crippen molar-refractivity contribution in [1.29, 1.82) is 0 Å². The topological polar surface area (TPSA) is 53.6 Å². The summed E-state index contributed by atoms with van der Waals surface area (Å²) in [4.78, 5) is 7.00. The Bertz CT molecular complexity index is 749. The fourth-order valence-electron chi connectivity index (χ4n) is 3.31. The smallest absolute Gasteiger partial charge is 0.193 e. The van der Waals surface area contributed by atoms with Crippen molar-refractivity contribution in [3.05, 3.63) is 64.7 Å². The van der Waals surface area contributed by atoms with E-state index in [1.807, 2.05) is 6.07 Å². The van der Waals surface area contributed by atoms with Crippen LogP contribution in [0.3, 0.4) is 0 Å². The minimum Gasteiger partial charge on any atom is -0.370 e. The first kappa shape index (κ1) is 21.7. The fraction of sp³-hybridized carbons (Fsp3) is 0.409. The van der Waals surface area contributed by atoms with Crippen molar-refractivity contribution in [3.63, 3.8) is 0 Å². The van der Waals surface area contributed by atoms with Gasteiger partial charge in [-0.15, -0.1) is 24.0 Å². The predicted molar refractivity (Wildman–Crippen MR) is 126 cm³/mol. The lowest BCUT2D eigenvalue weighted by Crippen LogP contribution is -2.29. The molecule has 4 nitrogen and oxygen atoms in total. The Morgan fingerprint density at radius 1 is 0.963 bits per heavy atom. The van der Waals surface area contributed by atoms with Gasteiger partial charge >= 0.3 is 0 Å². The number of nitrogens with zero attached hydrogens (tertiary/aromatic N) is 2. The van der Waals surface area contributed by atoms with Gasteiger partial charge in [0.25, 0.3) is 0 Å². The highest BCUT2D eigenvalue weighted by Gasteiger charge is 2.10. The van der Waals surface area contributed by atoms with Gasteiger partial charge in [-0.2, -0.15) is 0 Å². The fourth-order valence-corrected chi connectivity index (χ4v) is 3.31. The largest absolute Gasteiger partial charge is 0.370 e. The van der Waals surface area contributed by atoms with Gasteiger partial charge in [0, 0.05) is 12.2 Å². The predicted octanol–water partition coefficient (Wildman–Crippen LogP) is 4.83. The second-order valence-electron chi connectivity index (χ2n) is 7.28. The molecule has 27 heavy (non-hydrogen) atoms. The number of anilines is 1. The zero-order valence-corrected chi connectivity index (χ0v) is 18.7. The molecule has 0 atom stereocenters. The number of nitrogens with one attached hydrogen (secondary N) is 1. The van der Waals surface area contributed by atoms with Gasteiger partial charge in [-0.1, -0.05) is 36.8 Å². The van der Waals surface area contributed by atoms with Crippen molar-refractivity contribution in [2.75, 3.05) is 18.4 Å². The van der Waals surface area contributed by atoms with Crippen LogP contribution in [0, 0.1) is 13.8 Å². The zero-order chi connectivity index (χ0) is 18.4. The van der Waals surface area contributed by atoms with Crippen molar-refractivity contribution in [1.82, 2.24) is 4.90 Å². The van der Waals surface area contributed by atoms with Crippen LogP contribution < -0.4 is 11.1 Å². The molecule has 1 fully saturated rings. The van der Waals surface area contributed by atoms with E-state index in [1.165, 1.54) is 54.6 Å². The number of aryl methyl sites for hydroxylation is 2. The summed E-state index contributed by atoms with van der Waals surface area (Å²) >= 11 is 0. The molecule has 0 unspecified atom stereocenters. The Labute approximate surface area is 180 Å². The molecule has 0 aliphatic carbocycles. The van der Waals surface area contributed by atoms with E-state index < -0.39 is 0 Å². The van der Waals surface area contributed by atoms with E-state index >= 15 is 0 Å². The van der Waals surface area contributed by atoms with E-state index in [4.69, 9.17) is 5.73 Å². The summed E-state index contributed by atoms with van der Waals surface area (Å²) < 4.78 is 0. The minimum atomic E-state index is 0. The quantitative estimate of drug-likeness (QED) is 0.368. The Kier molecular flexibility index (Phi) is 8.57. The lowest BCUT2D eigenvalue weighted by Gasteiger charge is -2.26. The third-order valence-electron chi connectivity index (χ3n) is 5.09. The van der Waals surface area contributed by atoms with Crippen molar-refractivity contribution in [3.8, 4) is 0 Å². The lowest BCUT2D eigenvalue weighted by molar-refractivity contribution is 0.221. The molecule has 146 valence electrons. The number of guanidine groups is 1. The van der Waals surface area contributed by atoms with Crippen molar-refractivity contribution in [2.45, 2.75) is 46.2 Å². The molecule has 3 rings (SSSR count). The third-order valence-corrected chi connectivity index (χ3v) is 5.09. The second-order valence-corrected chi connectivity index (χ2v) is 7.28. The second kappa shape index (κ2) is 10.7. The summed E-state index contributed by atoms with van der Waals surface area (Å²) in [5, 5.41) is 3.17. The molecule has 1 aliphatic rings. The third kappa shape index (κ3) is 6.81. The molecule has 0 spiro atoms. The van der Waals surface area contributed by atoms with Crippen LogP contribution in [0.4, 0.5) is 5.69 Å². The highest BCUT2D eigenvalue weighted by molar-refractivity contribution is 14.0. The number of aliphatic imine (C=N–C) groups is 1. The maximum atomic E-state index is 6.03. The van der Waals surface area contributed by atoms with Crippen LogP contribution in [-0.2, 0) is 13.1 Å². The van der Waals surface area contributed by atoms with Gasteiger partial charge in [-0.3, -0.25) is 4.90 Å². The molecule has 1 saturated heterocycles. The monoisotopic (exact) mass is 478 g/mol. The molecular formula is C22H31IN4. The molecule has 5 heteroatoms. The summed E-state index contributed by atoms with van der Waals surface area (Å²) in [7, 11) is 0. The molecule has 1 aliphatic heterocycles. The minimum absolute atomic E-state index is 0. The van der Waals surface area contributed by atoms with Crippen LogP contribution in [0.1, 0.15) is 41.5 Å². The number of hydrogen-bond acceptors (Lipinski definition) is 2. The zero-order valence-electron chi connectivity index (χ0n) is 16.4. The van der Waals surface area contributed by atoms with E-state index in [9.17, 15) is 0 Å². The summed E-state index contributed by atoms with van der Waals surface area (Å²) in [6.07, 6.45) is 4.05. The molecular weight excluding hydrogens is 447 g/mol. The number of likely N-dealkylation sites (tertiary alicyclic amines) is 1. The number of rotatable bonds is 5.